The van der Waals surface area contributed by atoms with Gasteiger partial charge in [0, 0.05) is 18.3 Å². The lowest BCUT2D eigenvalue weighted by Gasteiger charge is -2.29. The van der Waals surface area contributed by atoms with E-state index in [1.165, 1.54) is 68.7 Å². The lowest BCUT2D eigenvalue weighted by molar-refractivity contribution is 0.103. The zero-order valence-electron chi connectivity index (χ0n) is 23.3. The number of anilines is 4. The third-order valence-corrected chi connectivity index (χ3v) is 8.84. The summed E-state index contributed by atoms with van der Waals surface area (Å²) in [6.07, 6.45) is 5.12. The quantitative estimate of drug-likeness (QED) is 0.239. The molecule has 0 radical (unpaired) electrons. The summed E-state index contributed by atoms with van der Waals surface area (Å²) in [4.78, 5) is 40.4. The number of halogens is 1. The summed E-state index contributed by atoms with van der Waals surface area (Å²) in [7, 11) is 4.38. The van der Waals surface area contributed by atoms with Crippen molar-refractivity contribution in [1.82, 2.24) is 14.9 Å². The molecule has 0 atom stereocenters. The van der Waals surface area contributed by atoms with Crippen LogP contribution < -0.4 is 29.7 Å². The Labute approximate surface area is 251 Å². The zero-order chi connectivity index (χ0) is 29.4. The third-order valence-electron chi connectivity index (χ3n) is 7.38. The Hall–Kier alpha value is -4.13. The van der Waals surface area contributed by atoms with Crippen molar-refractivity contribution in [2.24, 2.45) is 0 Å². The van der Waals surface area contributed by atoms with E-state index in [9.17, 15) is 9.59 Å². The molecule has 6 rings (SSSR count). The summed E-state index contributed by atoms with van der Waals surface area (Å²) in [6, 6.07) is 8.86. The van der Waals surface area contributed by atoms with Crippen LogP contribution in [0.15, 0.2) is 36.7 Å². The summed E-state index contributed by atoms with van der Waals surface area (Å²) in [5.41, 5.74) is 2.46. The molecule has 11 nitrogen and oxygen atoms in total. The van der Waals surface area contributed by atoms with Gasteiger partial charge in [-0.25, -0.2) is 19.7 Å². The molecule has 3 amide bonds. The number of thiophene rings is 1. The number of amides is 3. The van der Waals surface area contributed by atoms with Gasteiger partial charge in [0.1, 0.15) is 21.1 Å². The molecular weight excluding hydrogens is 580 g/mol. The number of nitrogens with zero attached hydrogens (tertiary/aromatic N) is 4. The van der Waals surface area contributed by atoms with Crippen LogP contribution in [-0.4, -0.2) is 61.2 Å². The van der Waals surface area contributed by atoms with Crippen LogP contribution in [0.4, 0.5) is 27.7 Å². The van der Waals surface area contributed by atoms with Gasteiger partial charge in [0.25, 0.3) is 5.91 Å². The third kappa shape index (κ3) is 4.95. The van der Waals surface area contributed by atoms with Crippen molar-refractivity contribution >= 4 is 68.0 Å². The van der Waals surface area contributed by atoms with Gasteiger partial charge in [0.05, 0.1) is 38.1 Å². The van der Waals surface area contributed by atoms with Gasteiger partial charge in [0.15, 0.2) is 17.3 Å². The molecule has 0 spiro atoms. The van der Waals surface area contributed by atoms with Crippen molar-refractivity contribution in [3.63, 3.8) is 0 Å². The second kappa shape index (κ2) is 11.6. The smallest absolute Gasteiger partial charge is 0.332 e. The van der Waals surface area contributed by atoms with Gasteiger partial charge in [-0.05, 0) is 43.6 Å². The van der Waals surface area contributed by atoms with Gasteiger partial charge >= 0.3 is 6.03 Å². The Balaban J connectivity index is 1.32. The fourth-order valence-corrected chi connectivity index (χ4v) is 6.67. The van der Waals surface area contributed by atoms with Crippen molar-refractivity contribution in [2.75, 3.05) is 50.0 Å². The molecule has 1 fully saturated rings. The van der Waals surface area contributed by atoms with Crippen molar-refractivity contribution in [2.45, 2.75) is 25.8 Å². The maximum absolute atomic E-state index is 13.6. The van der Waals surface area contributed by atoms with E-state index >= 15 is 0 Å². The minimum atomic E-state index is -0.562. The van der Waals surface area contributed by atoms with Crippen LogP contribution in [0.1, 0.15) is 34.5 Å². The maximum atomic E-state index is 13.6. The molecule has 4 aromatic rings. The molecule has 2 aliphatic rings. The van der Waals surface area contributed by atoms with E-state index in [4.69, 9.17) is 25.8 Å². The average molecular weight is 609 g/mol. The fourth-order valence-electron chi connectivity index (χ4n) is 5.38. The highest BCUT2D eigenvalue weighted by molar-refractivity contribution is 7.21. The molecule has 2 aromatic carbocycles. The maximum Gasteiger partial charge on any atom is 0.332 e. The lowest BCUT2D eigenvalue weighted by atomic mass is 10.1. The molecule has 0 saturated carbocycles. The van der Waals surface area contributed by atoms with Crippen LogP contribution in [0.5, 0.6) is 17.2 Å². The zero-order valence-corrected chi connectivity index (χ0v) is 24.9. The minimum Gasteiger partial charge on any atom is -0.493 e. The molecule has 218 valence electrons. The van der Waals surface area contributed by atoms with Crippen LogP contribution in [-0.2, 0) is 6.54 Å². The van der Waals surface area contributed by atoms with E-state index in [1.54, 1.807) is 6.07 Å². The number of hydrogen-bond donors (Lipinski definition) is 2. The molecular formula is C29H29ClN6O5S. The molecule has 42 heavy (non-hydrogen) atoms. The van der Waals surface area contributed by atoms with Crippen LogP contribution in [0, 0.1) is 0 Å². The summed E-state index contributed by atoms with van der Waals surface area (Å²) in [5, 5.41) is 6.45. The molecule has 1 saturated heterocycles. The molecule has 0 unspecified atom stereocenters. The van der Waals surface area contributed by atoms with Crippen molar-refractivity contribution in [1.29, 1.82) is 0 Å². The first-order chi connectivity index (χ1) is 20.4. The van der Waals surface area contributed by atoms with Crippen LogP contribution in [0.3, 0.4) is 0 Å². The standard InChI is InChI=1S/C29H29ClN6O5S/c1-39-19-13-18(21(30)24(41-3)23(19)40-2)36-26-20-22(34-29(36)38)25(42-28(20)32-15-31-26)27(37)33-17-9-7-16(8-10-17)14-35-11-5-4-6-12-35/h7-10,13,15H,4-6,11-12,14H2,1-3H3,(H,33,37)(H,34,38). The largest absolute Gasteiger partial charge is 0.493 e. The lowest BCUT2D eigenvalue weighted by Crippen LogP contribution is -2.35. The Kier molecular flexibility index (Phi) is 7.76. The topological polar surface area (TPSA) is 118 Å². The van der Waals surface area contributed by atoms with Gasteiger partial charge in [-0.2, -0.15) is 0 Å². The fraction of sp³-hybridized carbons (Fsp3) is 0.310. The molecule has 4 heterocycles. The second-order valence-electron chi connectivity index (χ2n) is 9.92. The Morgan fingerprint density at radius 3 is 2.48 bits per heavy atom. The number of methoxy groups -OCH3 is 3. The van der Waals surface area contributed by atoms with E-state index in [2.05, 4.69) is 25.5 Å². The average Bonchev–Trinajstić information content (AvgIpc) is 3.38. The first kappa shape index (κ1) is 28.0. The molecule has 13 heteroatoms. The van der Waals surface area contributed by atoms with Crippen molar-refractivity contribution < 1.29 is 23.8 Å². The van der Waals surface area contributed by atoms with E-state index < -0.39 is 6.03 Å². The number of nitrogens with one attached hydrogen (secondary N) is 2. The van der Waals surface area contributed by atoms with Crippen molar-refractivity contribution in [3.05, 3.63) is 52.1 Å². The summed E-state index contributed by atoms with van der Waals surface area (Å²) in [5.74, 6) is 0.707. The summed E-state index contributed by atoms with van der Waals surface area (Å²) in [6.45, 7) is 3.13. The van der Waals surface area contributed by atoms with Crippen LogP contribution in [0.2, 0.25) is 5.02 Å². The van der Waals surface area contributed by atoms with Crippen LogP contribution >= 0.6 is 22.9 Å². The predicted molar refractivity (Wildman–Crippen MR) is 163 cm³/mol. The van der Waals surface area contributed by atoms with Gasteiger partial charge in [0.2, 0.25) is 5.75 Å². The number of ether oxygens (including phenoxy) is 3. The molecule has 2 aliphatic heterocycles. The monoisotopic (exact) mass is 608 g/mol. The molecule has 0 aliphatic carbocycles. The van der Waals surface area contributed by atoms with E-state index in [-0.39, 0.29) is 33.9 Å². The minimum absolute atomic E-state index is 0.123. The number of benzene rings is 2. The van der Waals surface area contributed by atoms with E-state index in [0.29, 0.717) is 32.2 Å². The molecule has 0 bridgehead atoms. The van der Waals surface area contributed by atoms with Crippen LogP contribution in [0.25, 0.3) is 10.2 Å². The number of piperidine rings is 1. The number of hydrogen-bond acceptors (Lipinski definition) is 9. The second-order valence-corrected chi connectivity index (χ2v) is 11.3. The number of rotatable bonds is 8. The number of aromatic nitrogens is 2. The van der Waals surface area contributed by atoms with Gasteiger partial charge in [-0.3, -0.25) is 9.69 Å². The predicted octanol–water partition coefficient (Wildman–Crippen LogP) is 6.29. The number of likely N-dealkylation sites (tertiary alicyclic amines) is 1. The number of carbonyl (C=O) groups excluding carboxylic acids is 2. The molecule has 2 aromatic heterocycles. The Bertz CT molecular complexity index is 1670. The number of urea groups is 1. The highest BCUT2D eigenvalue weighted by atomic mass is 35.5. The summed E-state index contributed by atoms with van der Waals surface area (Å²) < 4.78 is 16.4. The summed E-state index contributed by atoms with van der Waals surface area (Å²) >= 11 is 7.87. The normalized spacial score (nSPS) is 15.0. The Morgan fingerprint density at radius 1 is 1.05 bits per heavy atom. The highest BCUT2D eigenvalue weighted by Crippen LogP contribution is 2.52. The van der Waals surface area contributed by atoms with Crippen molar-refractivity contribution in [3.8, 4) is 17.2 Å². The van der Waals surface area contributed by atoms with E-state index in [1.807, 2.05) is 24.3 Å². The van der Waals surface area contributed by atoms with Gasteiger partial charge < -0.3 is 24.8 Å². The van der Waals surface area contributed by atoms with Gasteiger partial charge in [-0.1, -0.05) is 30.2 Å². The Morgan fingerprint density at radius 2 is 1.79 bits per heavy atom. The first-order valence-corrected chi connectivity index (χ1v) is 14.6. The van der Waals surface area contributed by atoms with Gasteiger partial charge in [-0.15, -0.1) is 11.3 Å². The molecule has 2 N–H and O–H groups in total. The van der Waals surface area contributed by atoms with E-state index in [0.717, 1.165) is 19.6 Å². The highest BCUT2D eigenvalue weighted by Gasteiger charge is 2.36. The SMILES string of the molecule is COc1cc(N2C(=O)Nc3c(C(=O)Nc4ccc(CN5CCCCC5)cc4)sc4ncnc2c34)c(Cl)c(OC)c1OC. The number of carbonyl (C=O) groups is 2. The first-order valence-electron chi connectivity index (χ1n) is 13.4.